The predicted molar refractivity (Wildman–Crippen MR) is 248 cm³/mol. The summed E-state index contributed by atoms with van der Waals surface area (Å²) in [6.45, 7) is 49.0. The van der Waals surface area contributed by atoms with Crippen molar-refractivity contribution in [1.29, 1.82) is 0 Å². The smallest absolute Gasteiger partial charge is 0.192 e. The first-order valence-corrected chi connectivity index (χ1v) is 30.7. The molecule has 1 unspecified atom stereocenters. The standard InChI is InChI=1S/C45H87NO5SSi3/c1-32(26-27-38(49-53(17,18)42(6,7)8)34(3)30-37-31-52-36(5)46-37)24-23-25-33(2)40(51-55(21,22)44(12,13)14)35(4)41(48)45(15,16)39(28-29-47)50-54(19,20)43(9,10)11/h26,30-31,33,35,38-40,47H,23-25,27-29H2,1-22H3/b32-26-,34-30+/t33-,35?,38-,39-,40-/m0/s1. The zero-order chi connectivity index (χ0) is 43.2. The number of hydrogen-bond donors (Lipinski definition) is 1. The van der Waals surface area contributed by atoms with E-state index in [9.17, 15) is 9.90 Å². The molecular weight excluding hydrogens is 751 g/mol. The number of carbonyl (C=O) groups is 1. The third kappa shape index (κ3) is 15.1. The van der Waals surface area contributed by atoms with Gasteiger partial charge >= 0.3 is 0 Å². The largest absolute Gasteiger partial charge is 0.413 e. The number of aryl methyl sites for hydroxylation is 1. The van der Waals surface area contributed by atoms with Crippen LogP contribution in [0.15, 0.2) is 22.6 Å². The number of Topliss-reactive ketones (excluding diaryl/α,β-unsaturated/α-hetero) is 1. The summed E-state index contributed by atoms with van der Waals surface area (Å²) >= 11 is 1.68. The molecule has 0 aliphatic rings. The van der Waals surface area contributed by atoms with Gasteiger partial charge in [-0.25, -0.2) is 4.98 Å². The molecule has 0 aromatic carbocycles. The number of carbonyl (C=O) groups excluding carboxylic acids is 1. The highest BCUT2D eigenvalue weighted by Crippen LogP contribution is 2.44. The van der Waals surface area contributed by atoms with Gasteiger partial charge in [0, 0.05) is 23.3 Å². The van der Waals surface area contributed by atoms with Gasteiger partial charge in [-0.3, -0.25) is 4.79 Å². The van der Waals surface area contributed by atoms with Crippen LogP contribution < -0.4 is 0 Å². The van der Waals surface area contributed by atoms with Gasteiger partial charge in [-0.05, 0) is 125 Å². The topological polar surface area (TPSA) is 77.9 Å². The Morgan fingerprint density at radius 1 is 0.818 bits per heavy atom. The zero-order valence-electron chi connectivity index (χ0n) is 39.8. The van der Waals surface area contributed by atoms with Gasteiger partial charge in [0.1, 0.15) is 5.78 Å². The maximum Gasteiger partial charge on any atom is 0.192 e. The van der Waals surface area contributed by atoms with Gasteiger partial charge in [0.2, 0.25) is 0 Å². The van der Waals surface area contributed by atoms with Crippen molar-refractivity contribution in [3.05, 3.63) is 33.3 Å². The van der Waals surface area contributed by atoms with Gasteiger partial charge in [-0.1, -0.05) is 102 Å². The van der Waals surface area contributed by atoms with E-state index in [2.05, 4.69) is 154 Å². The van der Waals surface area contributed by atoms with Gasteiger partial charge < -0.3 is 18.4 Å². The second kappa shape index (κ2) is 20.0. The summed E-state index contributed by atoms with van der Waals surface area (Å²) in [5.74, 6) is 0.0421. The van der Waals surface area contributed by atoms with E-state index in [1.54, 1.807) is 11.3 Å². The van der Waals surface area contributed by atoms with Crippen molar-refractivity contribution in [1.82, 2.24) is 4.98 Å². The van der Waals surface area contributed by atoms with Crippen molar-refractivity contribution in [3.8, 4) is 0 Å². The maximum atomic E-state index is 14.7. The first-order chi connectivity index (χ1) is 24.6. The van der Waals surface area contributed by atoms with Crippen molar-refractivity contribution < 1.29 is 23.2 Å². The van der Waals surface area contributed by atoms with Crippen molar-refractivity contribution in [2.75, 3.05) is 6.61 Å². The first kappa shape index (κ1) is 52.3. The first-order valence-electron chi connectivity index (χ1n) is 21.1. The van der Waals surface area contributed by atoms with Gasteiger partial charge in [-0.2, -0.15) is 0 Å². The van der Waals surface area contributed by atoms with Crippen molar-refractivity contribution in [3.63, 3.8) is 0 Å². The average molecular weight is 839 g/mol. The molecule has 0 aliphatic heterocycles. The van der Waals surface area contributed by atoms with Crippen LogP contribution in [0.1, 0.15) is 147 Å². The molecule has 1 rings (SSSR count). The second-order valence-corrected chi connectivity index (χ2v) is 37.1. The summed E-state index contributed by atoms with van der Waals surface area (Å²) in [5, 5.41) is 13.5. The lowest BCUT2D eigenvalue weighted by atomic mass is 9.73. The molecular formula is C45H87NO5SSi3. The van der Waals surface area contributed by atoms with Crippen molar-refractivity contribution >= 4 is 48.1 Å². The maximum absolute atomic E-state index is 14.7. The third-order valence-corrected chi connectivity index (χ3v) is 27.7. The Kier molecular flexibility index (Phi) is 19.0. The van der Waals surface area contributed by atoms with E-state index >= 15 is 0 Å². The SMILES string of the molecule is C/C(=C/C[C@H](O[Si](C)(C)C(C)(C)C)/C(C)=C/c1csc(C)n1)CCC[C@H](C)[C@H](O[Si](C)(C)C(C)(C)C)C(C)C(=O)C(C)(C)[C@H](CCO)O[Si](C)(C)C(C)(C)C. The minimum absolute atomic E-state index is 0.00429. The van der Waals surface area contributed by atoms with E-state index in [1.807, 2.05) is 13.8 Å². The van der Waals surface area contributed by atoms with Crippen LogP contribution in [0.4, 0.5) is 0 Å². The molecule has 0 saturated carbocycles. The van der Waals surface area contributed by atoms with E-state index in [0.717, 1.165) is 36.4 Å². The van der Waals surface area contributed by atoms with Crippen LogP contribution in [-0.2, 0) is 18.1 Å². The molecule has 0 amide bonds. The molecule has 0 radical (unpaired) electrons. The fraction of sp³-hybridized carbons (Fsp3) is 0.822. The van der Waals surface area contributed by atoms with Crippen LogP contribution in [0.25, 0.3) is 6.08 Å². The van der Waals surface area contributed by atoms with Crippen LogP contribution in [0, 0.1) is 24.2 Å². The van der Waals surface area contributed by atoms with Gasteiger partial charge in [-0.15, -0.1) is 11.3 Å². The fourth-order valence-corrected chi connectivity index (χ4v) is 11.1. The van der Waals surface area contributed by atoms with Crippen LogP contribution in [-0.4, -0.2) is 65.7 Å². The van der Waals surface area contributed by atoms with E-state index in [0.29, 0.717) is 6.42 Å². The van der Waals surface area contributed by atoms with Crippen molar-refractivity contribution in [2.24, 2.45) is 17.3 Å². The average Bonchev–Trinajstić information content (AvgIpc) is 3.42. The molecule has 1 aromatic heterocycles. The molecule has 0 fully saturated rings. The minimum atomic E-state index is -2.21. The Hall–Kier alpha value is -0.729. The monoisotopic (exact) mass is 838 g/mol. The highest BCUT2D eigenvalue weighted by atomic mass is 32.1. The number of aliphatic hydroxyl groups excluding tert-OH is 1. The second-order valence-electron chi connectivity index (χ2n) is 21.8. The number of rotatable bonds is 21. The molecule has 1 N–H and O–H groups in total. The molecule has 1 heterocycles. The molecule has 0 aliphatic carbocycles. The quantitative estimate of drug-likeness (QED) is 0.0981. The summed E-state index contributed by atoms with van der Waals surface area (Å²) < 4.78 is 21.2. The number of aliphatic hydroxyl groups is 1. The molecule has 5 atom stereocenters. The lowest BCUT2D eigenvalue weighted by Crippen LogP contribution is -2.54. The molecule has 0 saturated heterocycles. The van der Waals surface area contributed by atoms with Gasteiger partial charge in [0.15, 0.2) is 25.0 Å². The number of ketones is 1. The Morgan fingerprint density at radius 2 is 1.31 bits per heavy atom. The molecule has 0 bridgehead atoms. The molecule has 1 aromatic rings. The van der Waals surface area contributed by atoms with Crippen molar-refractivity contribution in [2.45, 2.75) is 216 Å². The molecule has 0 spiro atoms. The Labute approximate surface area is 347 Å². The highest BCUT2D eigenvalue weighted by Gasteiger charge is 2.49. The Morgan fingerprint density at radius 3 is 1.76 bits per heavy atom. The fourth-order valence-electron chi connectivity index (χ4n) is 6.25. The van der Waals surface area contributed by atoms with Gasteiger partial charge in [0.05, 0.1) is 29.0 Å². The summed E-state index contributed by atoms with van der Waals surface area (Å²) in [6.07, 6.45) is 8.27. The van der Waals surface area contributed by atoms with Crippen LogP contribution >= 0.6 is 11.3 Å². The summed E-state index contributed by atoms with van der Waals surface area (Å²) in [6, 6.07) is 0. The normalized spacial score (nSPS) is 17.6. The van der Waals surface area contributed by atoms with E-state index < -0.39 is 30.4 Å². The number of allylic oxidation sites excluding steroid dienone is 1. The highest BCUT2D eigenvalue weighted by molar-refractivity contribution is 7.09. The molecule has 6 nitrogen and oxygen atoms in total. The lowest BCUT2D eigenvalue weighted by Gasteiger charge is -2.46. The third-order valence-electron chi connectivity index (χ3n) is 13.5. The Balaban J connectivity index is 3.33. The predicted octanol–water partition coefficient (Wildman–Crippen LogP) is 13.8. The number of thiazole rings is 1. The Bertz CT molecular complexity index is 1420. The number of nitrogens with zero attached hydrogens (tertiary/aromatic N) is 1. The minimum Gasteiger partial charge on any atom is -0.413 e. The molecule has 55 heavy (non-hydrogen) atoms. The van der Waals surface area contributed by atoms with Crippen LogP contribution in [0.2, 0.25) is 54.4 Å². The summed E-state index contributed by atoms with van der Waals surface area (Å²) in [7, 11) is -6.42. The lowest BCUT2D eigenvalue weighted by molar-refractivity contribution is -0.141. The number of hydrogen-bond acceptors (Lipinski definition) is 7. The van der Waals surface area contributed by atoms with E-state index in [1.165, 1.54) is 11.1 Å². The molecule has 320 valence electrons. The van der Waals surface area contributed by atoms with E-state index in [4.69, 9.17) is 18.3 Å². The van der Waals surface area contributed by atoms with Crippen LogP contribution in [0.3, 0.4) is 0 Å². The number of aromatic nitrogens is 1. The summed E-state index contributed by atoms with van der Waals surface area (Å²) in [4.78, 5) is 19.4. The van der Waals surface area contributed by atoms with Gasteiger partial charge in [0.25, 0.3) is 0 Å². The van der Waals surface area contributed by atoms with E-state index in [-0.39, 0.29) is 57.7 Å². The van der Waals surface area contributed by atoms with Crippen LogP contribution in [0.5, 0.6) is 0 Å². The molecule has 10 heteroatoms. The zero-order valence-corrected chi connectivity index (χ0v) is 43.6. The summed E-state index contributed by atoms with van der Waals surface area (Å²) in [5.41, 5.74) is 2.82.